The number of hydrogen-bond donors (Lipinski definition) is 2. The Kier molecular flexibility index (Phi) is 5.31. The summed E-state index contributed by atoms with van der Waals surface area (Å²) in [7, 11) is -4.21. The van der Waals surface area contributed by atoms with Crippen molar-refractivity contribution < 1.29 is 26.7 Å². The molecule has 1 atom stereocenters. The first-order valence-electron chi connectivity index (χ1n) is 5.97. The van der Waals surface area contributed by atoms with E-state index in [0.717, 1.165) is 12.1 Å². The van der Waals surface area contributed by atoms with Crippen molar-refractivity contribution in [3.8, 4) is 0 Å². The molecule has 1 rings (SSSR count). The molecular weight excluding hydrogens is 331 g/mol. The third kappa shape index (κ3) is 4.32. The van der Waals surface area contributed by atoms with E-state index < -0.39 is 43.8 Å². The maximum atomic E-state index is 12.7. The van der Waals surface area contributed by atoms with Gasteiger partial charge in [0, 0.05) is 0 Å². The molecule has 4 nitrogen and oxygen atoms in total. The molecule has 0 saturated heterocycles. The fraction of sp³-hybridized carbons (Fsp3) is 0.500. The minimum Gasteiger partial charge on any atom is -0.394 e. The van der Waals surface area contributed by atoms with Gasteiger partial charge in [-0.1, -0.05) is 18.5 Å². The van der Waals surface area contributed by atoms with Crippen LogP contribution >= 0.6 is 11.6 Å². The van der Waals surface area contributed by atoms with Gasteiger partial charge in [0.25, 0.3) is 0 Å². The Morgan fingerprint density at radius 1 is 1.33 bits per heavy atom. The minimum absolute atomic E-state index is 0.266. The molecule has 0 aliphatic heterocycles. The maximum absolute atomic E-state index is 12.7. The summed E-state index contributed by atoms with van der Waals surface area (Å²) in [5, 5.41) is 8.61. The number of aliphatic hydroxyl groups is 1. The molecule has 0 spiro atoms. The van der Waals surface area contributed by atoms with Gasteiger partial charge in [0.05, 0.1) is 27.6 Å². The van der Waals surface area contributed by atoms with Gasteiger partial charge in [-0.2, -0.15) is 13.2 Å². The lowest BCUT2D eigenvalue weighted by molar-refractivity contribution is -0.137. The molecule has 0 bridgehead atoms. The highest BCUT2D eigenvalue weighted by Crippen LogP contribution is 2.36. The number of nitrogens with one attached hydrogen (secondary N) is 1. The first-order chi connectivity index (χ1) is 9.45. The van der Waals surface area contributed by atoms with Crippen molar-refractivity contribution >= 4 is 21.6 Å². The lowest BCUT2D eigenvalue weighted by atomic mass is 10.0. The molecule has 120 valence electrons. The molecule has 9 heteroatoms. The fourth-order valence-electron chi connectivity index (χ4n) is 1.49. The van der Waals surface area contributed by atoms with Gasteiger partial charge in [-0.05, 0) is 31.5 Å². The summed E-state index contributed by atoms with van der Waals surface area (Å²) < 4.78 is 64.7. The molecule has 0 radical (unpaired) electrons. The van der Waals surface area contributed by atoms with Crippen molar-refractivity contribution in [2.45, 2.75) is 36.9 Å². The van der Waals surface area contributed by atoms with Crippen LogP contribution in [0.3, 0.4) is 0 Å². The van der Waals surface area contributed by atoms with Gasteiger partial charge in [0.1, 0.15) is 0 Å². The van der Waals surface area contributed by atoms with E-state index in [1.165, 1.54) is 6.92 Å². The second-order valence-corrected chi connectivity index (χ2v) is 6.91. The minimum atomic E-state index is -4.76. The van der Waals surface area contributed by atoms with Crippen LogP contribution < -0.4 is 4.72 Å². The Balaban J connectivity index is 3.28. The zero-order valence-electron chi connectivity index (χ0n) is 11.3. The molecule has 0 heterocycles. The van der Waals surface area contributed by atoms with E-state index in [1.54, 1.807) is 6.92 Å². The molecule has 0 aliphatic carbocycles. The van der Waals surface area contributed by atoms with E-state index >= 15 is 0 Å². The second-order valence-electron chi connectivity index (χ2n) is 4.82. The van der Waals surface area contributed by atoms with E-state index in [0.29, 0.717) is 6.07 Å². The lowest BCUT2D eigenvalue weighted by Crippen LogP contribution is -2.48. The largest absolute Gasteiger partial charge is 0.417 e. The molecular formula is C12H15ClF3NO3S. The van der Waals surface area contributed by atoms with Gasteiger partial charge in [0.2, 0.25) is 10.0 Å². The highest BCUT2D eigenvalue weighted by Gasteiger charge is 2.35. The number of halogens is 4. The molecule has 0 saturated carbocycles. The molecule has 0 aromatic heterocycles. The van der Waals surface area contributed by atoms with Crippen LogP contribution in [0.2, 0.25) is 5.02 Å². The number of sulfonamides is 1. The summed E-state index contributed by atoms with van der Waals surface area (Å²) in [6, 6.07) is 2.33. The highest BCUT2D eigenvalue weighted by molar-refractivity contribution is 7.89. The zero-order valence-corrected chi connectivity index (χ0v) is 12.9. The molecule has 0 amide bonds. The zero-order chi connectivity index (χ0) is 16.5. The monoisotopic (exact) mass is 345 g/mol. The van der Waals surface area contributed by atoms with Crippen LogP contribution in [0.4, 0.5) is 13.2 Å². The molecule has 1 unspecified atom stereocenters. The van der Waals surface area contributed by atoms with Gasteiger partial charge >= 0.3 is 6.18 Å². The SMILES string of the molecule is CCC(C)(CO)NS(=O)(=O)c1ccc(Cl)c(C(F)(F)F)c1. The fourth-order valence-corrected chi connectivity index (χ4v) is 3.21. The van der Waals surface area contributed by atoms with Crippen LogP contribution in [-0.2, 0) is 16.2 Å². The topological polar surface area (TPSA) is 66.4 Å². The summed E-state index contributed by atoms with van der Waals surface area (Å²) >= 11 is 5.44. The van der Waals surface area contributed by atoms with E-state index in [9.17, 15) is 26.7 Å². The van der Waals surface area contributed by atoms with Crippen LogP contribution in [0.15, 0.2) is 23.1 Å². The third-order valence-corrected chi connectivity index (χ3v) is 5.03. The Bertz CT molecular complexity index is 613. The average Bonchev–Trinajstić information content (AvgIpc) is 2.37. The Morgan fingerprint density at radius 2 is 1.90 bits per heavy atom. The number of hydrogen-bond acceptors (Lipinski definition) is 3. The lowest BCUT2D eigenvalue weighted by Gasteiger charge is -2.27. The third-order valence-electron chi connectivity index (χ3n) is 3.06. The van der Waals surface area contributed by atoms with Gasteiger partial charge in [0.15, 0.2) is 0 Å². The van der Waals surface area contributed by atoms with Crippen molar-refractivity contribution in [3.05, 3.63) is 28.8 Å². The standard InChI is InChI=1S/C12H15ClF3NO3S/c1-3-11(2,7-18)17-21(19,20)8-4-5-10(13)9(6-8)12(14,15)16/h4-6,17-18H,3,7H2,1-2H3. The predicted octanol–water partition coefficient (Wildman–Crippen LogP) is 2.80. The Hall–Kier alpha value is -0.830. The van der Waals surface area contributed by atoms with Crippen LogP contribution in [0.25, 0.3) is 0 Å². The van der Waals surface area contributed by atoms with Crippen LogP contribution in [0.1, 0.15) is 25.8 Å². The number of rotatable bonds is 5. The van der Waals surface area contributed by atoms with E-state index in [2.05, 4.69) is 4.72 Å². The molecule has 21 heavy (non-hydrogen) atoms. The first-order valence-corrected chi connectivity index (χ1v) is 7.83. The van der Waals surface area contributed by atoms with Crippen molar-refractivity contribution in [1.82, 2.24) is 4.72 Å². The molecule has 0 fully saturated rings. The quantitative estimate of drug-likeness (QED) is 0.862. The molecule has 1 aromatic carbocycles. The summed E-state index contributed by atoms with van der Waals surface area (Å²) in [4.78, 5) is -0.563. The number of aliphatic hydroxyl groups excluding tert-OH is 1. The van der Waals surface area contributed by atoms with Crippen molar-refractivity contribution in [1.29, 1.82) is 0 Å². The van der Waals surface area contributed by atoms with Gasteiger partial charge in [-0.3, -0.25) is 0 Å². The van der Waals surface area contributed by atoms with E-state index in [1.807, 2.05) is 0 Å². The Labute approximate surface area is 126 Å². The molecule has 1 aromatic rings. The van der Waals surface area contributed by atoms with Gasteiger partial charge < -0.3 is 5.11 Å². The average molecular weight is 346 g/mol. The Morgan fingerprint density at radius 3 is 2.33 bits per heavy atom. The second kappa shape index (κ2) is 6.12. The maximum Gasteiger partial charge on any atom is 0.417 e. The van der Waals surface area contributed by atoms with Crippen molar-refractivity contribution in [3.63, 3.8) is 0 Å². The summed E-state index contributed by atoms with van der Waals surface area (Å²) in [6.45, 7) is 2.61. The first kappa shape index (κ1) is 18.2. The van der Waals surface area contributed by atoms with Crippen molar-refractivity contribution in [2.75, 3.05) is 6.61 Å². The van der Waals surface area contributed by atoms with Crippen LogP contribution in [0.5, 0.6) is 0 Å². The van der Waals surface area contributed by atoms with E-state index in [4.69, 9.17) is 11.6 Å². The summed E-state index contributed by atoms with van der Waals surface area (Å²) in [6.07, 6.45) is -4.49. The normalized spacial score (nSPS) is 15.8. The highest BCUT2D eigenvalue weighted by atomic mass is 35.5. The predicted molar refractivity (Wildman–Crippen MR) is 72.6 cm³/mol. The molecule has 2 N–H and O–H groups in total. The number of benzene rings is 1. The van der Waals surface area contributed by atoms with Crippen LogP contribution in [0, 0.1) is 0 Å². The van der Waals surface area contributed by atoms with Crippen LogP contribution in [-0.4, -0.2) is 25.7 Å². The number of alkyl halides is 3. The van der Waals surface area contributed by atoms with Crippen molar-refractivity contribution in [2.24, 2.45) is 0 Å². The van der Waals surface area contributed by atoms with E-state index in [-0.39, 0.29) is 6.42 Å². The smallest absolute Gasteiger partial charge is 0.394 e. The summed E-state index contributed by atoms with van der Waals surface area (Å²) in [5.41, 5.74) is -2.38. The van der Waals surface area contributed by atoms with Gasteiger partial charge in [-0.25, -0.2) is 13.1 Å². The summed E-state index contributed by atoms with van der Waals surface area (Å²) in [5.74, 6) is 0. The van der Waals surface area contributed by atoms with Gasteiger partial charge in [-0.15, -0.1) is 0 Å². The molecule has 0 aliphatic rings.